The van der Waals surface area contributed by atoms with Gasteiger partial charge >= 0.3 is 6.03 Å². The Morgan fingerprint density at radius 3 is 2.40 bits per heavy atom. The zero-order chi connectivity index (χ0) is 10.8. The smallest absolute Gasteiger partial charge is 0.324 e. The van der Waals surface area contributed by atoms with E-state index in [0.717, 1.165) is 25.7 Å². The summed E-state index contributed by atoms with van der Waals surface area (Å²) in [5.74, 6) is -0.0760. The molecule has 0 aromatic rings. The quantitative estimate of drug-likeness (QED) is 0.635. The third-order valence-electron chi connectivity index (χ3n) is 3.35. The number of hydrogen-bond donors (Lipinski definition) is 2. The topological polar surface area (TPSA) is 61.4 Å². The number of hydrogen-bond acceptors (Lipinski definition) is 3. The summed E-state index contributed by atoms with van der Waals surface area (Å²) in [6, 6.07) is 0.444. The predicted octanol–water partition coefficient (Wildman–Crippen LogP) is 0.0688. The molecule has 0 radical (unpaired) electrons. The Hall–Kier alpha value is -1.10. The third-order valence-corrected chi connectivity index (χ3v) is 3.35. The molecule has 3 amide bonds. The Bertz CT molecular complexity index is 256. The van der Waals surface area contributed by atoms with Gasteiger partial charge in [0.25, 0.3) is 0 Å². The molecule has 1 saturated carbocycles. The van der Waals surface area contributed by atoms with E-state index in [2.05, 4.69) is 10.6 Å². The van der Waals surface area contributed by atoms with E-state index in [-0.39, 0.29) is 24.5 Å². The van der Waals surface area contributed by atoms with E-state index in [9.17, 15) is 9.59 Å². The van der Waals surface area contributed by atoms with Crippen molar-refractivity contribution in [2.75, 3.05) is 13.6 Å². The van der Waals surface area contributed by atoms with Crippen molar-refractivity contribution in [2.45, 2.75) is 37.8 Å². The molecule has 1 saturated heterocycles. The third kappa shape index (κ3) is 1.97. The zero-order valence-corrected chi connectivity index (χ0v) is 8.95. The van der Waals surface area contributed by atoms with Gasteiger partial charge in [-0.25, -0.2) is 4.79 Å². The van der Waals surface area contributed by atoms with E-state index in [1.165, 1.54) is 4.90 Å². The molecule has 0 bridgehead atoms. The molecule has 2 fully saturated rings. The van der Waals surface area contributed by atoms with Crippen molar-refractivity contribution < 1.29 is 9.59 Å². The normalized spacial score (nSPS) is 31.9. The summed E-state index contributed by atoms with van der Waals surface area (Å²) in [6.07, 6.45) is 3.92. The fourth-order valence-electron chi connectivity index (χ4n) is 2.43. The first-order valence-electron chi connectivity index (χ1n) is 5.49. The number of rotatable bonds is 2. The summed E-state index contributed by atoms with van der Waals surface area (Å²) >= 11 is 0. The fraction of sp³-hybridized carbons (Fsp3) is 0.800. The van der Waals surface area contributed by atoms with Crippen LogP contribution < -0.4 is 10.6 Å². The van der Waals surface area contributed by atoms with Crippen LogP contribution in [0.5, 0.6) is 0 Å². The van der Waals surface area contributed by atoms with Crippen LogP contribution in [0.1, 0.15) is 25.7 Å². The summed E-state index contributed by atoms with van der Waals surface area (Å²) in [7, 11) is 1.96. The van der Waals surface area contributed by atoms with Crippen LogP contribution in [0, 0.1) is 0 Å². The van der Waals surface area contributed by atoms with Crippen LogP contribution >= 0.6 is 0 Å². The minimum Gasteiger partial charge on any atom is -0.329 e. The molecule has 0 aromatic heterocycles. The molecule has 2 rings (SSSR count). The highest BCUT2D eigenvalue weighted by Gasteiger charge is 2.36. The molecule has 1 heterocycles. The van der Waals surface area contributed by atoms with Gasteiger partial charge in [0.1, 0.15) is 0 Å². The maximum atomic E-state index is 11.5. The fourth-order valence-corrected chi connectivity index (χ4v) is 2.43. The van der Waals surface area contributed by atoms with Gasteiger partial charge < -0.3 is 10.6 Å². The summed E-state index contributed by atoms with van der Waals surface area (Å²) in [5, 5.41) is 5.80. The number of nitrogens with zero attached hydrogens (tertiary/aromatic N) is 1. The van der Waals surface area contributed by atoms with Gasteiger partial charge in [-0.2, -0.15) is 0 Å². The molecule has 2 N–H and O–H groups in total. The first-order chi connectivity index (χ1) is 7.22. The van der Waals surface area contributed by atoms with Crippen molar-refractivity contribution in [3.8, 4) is 0 Å². The lowest BCUT2D eigenvalue weighted by atomic mass is 9.90. The van der Waals surface area contributed by atoms with E-state index >= 15 is 0 Å². The zero-order valence-electron chi connectivity index (χ0n) is 8.95. The summed E-state index contributed by atoms with van der Waals surface area (Å²) in [6.45, 7) is 0.171. The van der Waals surface area contributed by atoms with E-state index in [4.69, 9.17) is 0 Å². The van der Waals surface area contributed by atoms with E-state index in [0.29, 0.717) is 6.04 Å². The van der Waals surface area contributed by atoms with Crippen molar-refractivity contribution in [2.24, 2.45) is 0 Å². The summed E-state index contributed by atoms with van der Waals surface area (Å²) < 4.78 is 0. The highest BCUT2D eigenvalue weighted by molar-refractivity contribution is 6.02. The number of carbonyl (C=O) groups is 2. The number of carbonyl (C=O) groups excluding carboxylic acids is 2. The molecule has 2 aliphatic rings. The molecule has 0 unspecified atom stereocenters. The first kappa shape index (κ1) is 10.4. The molecule has 15 heavy (non-hydrogen) atoms. The van der Waals surface area contributed by atoms with Crippen molar-refractivity contribution in [3.63, 3.8) is 0 Å². The lowest BCUT2D eigenvalue weighted by Gasteiger charge is -2.32. The largest absolute Gasteiger partial charge is 0.329 e. The molecule has 5 heteroatoms. The van der Waals surface area contributed by atoms with Crippen molar-refractivity contribution in [1.29, 1.82) is 0 Å². The van der Waals surface area contributed by atoms with Gasteiger partial charge in [-0.1, -0.05) is 0 Å². The maximum Gasteiger partial charge on any atom is 0.324 e. The second-order valence-electron chi connectivity index (χ2n) is 4.22. The molecule has 5 nitrogen and oxygen atoms in total. The van der Waals surface area contributed by atoms with Gasteiger partial charge in [0, 0.05) is 12.1 Å². The van der Waals surface area contributed by atoms with Crippen LogP contribution in [0.2, 0.25) is 0 Å². The van der Waals surface area contributed by atoms with Crippen LogP contribution in [0.15, 0.2) is 0 Å². The average molecular weight is 211 g/mol. The van der Waals surface area contributed by atoms with Gasteiger partial charge in [-0.05, 0) is 32.7 Å². The maximum absolute atomic E-state index is 11.5. The lowest BCUT2D eigenvalue weighted by Crippen LogP contribution is -2.44. The molecule has 1 aliphatic heterocycles. The van der Waals surface area contributed by atoms with Crippen molar-refractivity contribution in [1.82, 2.24) is 15.5 Å². The van der Waals surface area contributed by atoms with Crippen LogP contribution in [-0.4, -0.2) is 42.5 Å². The van der Waals surface area contributed by atoms with E-state index in [1.807, 2.05) is 7.05 Å². The Morgan fingerprint density at radius 1 is 1.27 bits per heavy atom. The number of urea groups is 1. The molecular weight excluding hydrogens is 194 g/mol. The summed E-state index contributed by atoms with van der Waals surface area (Å²) in [5.41, 5.74) is 0. The standard InChI is InChI=1S/C10H17N3O2/c1-11-7-2-4-8(5-3-7)13-9(14)6-12-10(13)15/h7-8,11H,2-6H2,1H3,(H,12,15). The van der Waals surface area contributed by atoms with Crippen molar-refractivity contribution >= 4 is 11.9 Å². The minimum atomic E-state index is -0.215. The van der Waals surface area contributed by atoms with Gasteiger partial charge in [-0.3, -0.25) is 9.69 Å². The average Bonchev–Trinajstić information content (AvgIpc) is 2.59. The van der Waals surface area contributed by atoms with Gasteiger partial charge in [0.05, 0.1) is 6.54 Å². The van der Waals surface area contributed by atoms with Gasteiger partial charge in [-0.15, -0.1) is 0 Å². The molecule has 0 spiro atoms. The van der Waals surface area contributed by atoms with Crippen molar-refractivity contribution in [3.05, 3.63) is 0 Å². The minimum absolute atomic E-state index is 0.0760. The monoisotopic (exact) mass is 211 g/mol. The Morgan fingerprint density at radius 2 is 1.93 bits per heavy atom. The Balaban J connectivity index is 1.95. The van der Waals surface area contributed by atoms with Crippen LogP contribution in [0.25, 0.3) is 0 Å². The second-order valence-corrected chi connectivity index (χ2v) is 4.22. The van der Waals surface area contributed by atoms with Gasteiger partial charge in [0.2, 0.25) is 5.91 Å². The molecular formula is C10H17N3O2. The Labute approximate surface area is 89.2 Å². The summed E-state index contributed by atoms with van der Waals surface area (Å²) in [4.78, 5) is 24.3. The predicted molar refractivity (Wildman–Crippen MR) is 55.3 cm³/mol. The van der Waals surface area contributed by atoms with E-state index in [1.54, 1.807) is 0 Å². The molecule has 0 atom stereocenters. The highest BCUT2D eigenvalue weighted by atomic mass is 16.2. The van der Waals surface area contributed by atoms with Crippen LogP contribution in [0.4, 0.5) is 4.79 Å². The number of imide groups is 1. The molecule has 0 aromatic carbocycles. The highest BCUT2D eigenvalue weighted by Crippen LogP contribution is 2.24. The van der Waals surface area contributed by atoms with Gasteiger partial charge in [0.15, 0.2) is 0 Å². The van der Waals surface area contributed by atoms with Crippen LogP contribution in [0.3, 0.4) is 0 Å². The Kier molecular flexibility index (Phi) is 2.90. The number of nitrogens with one attached hydrogen (secondary N) is 2. The lowest BCUT2D eigenvalue weighted by molar-refractivity contribution is -0.127. The second kappa shape index (κ2) is 4.18. The molecule has 84 valence electrons. The molecule has 1 aliphatic carbocycles. The number of amides is 3. The first-order valence-corrected chi connectivity index (χ1v) is 5.49. The SMILES string of the molecule is CNC1CCC(N2C(=O)CNC2=O)CC1. The van der Waals surface area contributed by atoms with Crippen LogP contribution in [-0.2, 0) is 4.79 Å². The van der Waals surface area contributed by atoms with E-state index < -0.39 is 0 Å².